The molecule has 0 fully saturated rings. The predicted molar refractivity (Wildman–Crippen MR) is 75.4 cm³/mol. The summed E-state index contributed by atoms with van der Waals surface area (Å²) in [6.07, 6.45) is 0.554. The summed E-state index contributed by atoms with van der Waals surface area (Å²) in [6, 6.07) is 5.91. The lowest BCUT2D eigenvalue weighted by atomic mass is 10.3. The first-order valence-corrected chi connectivity index (χ1v) is 7.58. The molecule has 0 aliphatic heterocycles. The minimum atomic E-state index is -3.51. The third kappa shape index (κ3) is 3.54. The smallest absolute Gasteiger partial charge is 0.243 e. The quantitative estimate of drug-likeness (QED) is 0.813. The van der Waals surface area contributed by atoms with E-state index in [0.717, 1.165) is 0 Å². The molecule has 6 heteroatoms. The van der Waals surface area contributed by atoms with Crippen molar-refractivity contribution in [3.8, 4) is 0 Å². The molecule has 0 aromatic heterocycles. The SMILES string of the molecule is CC(C)N(C(C)C)S(=O)(=O)c1ccc(NC=O)cc1. The number of sulfonamides is 1. The molecule has 1 aromatic rings. The Morgan fingerprint density at radius 1 is 1.05 bits per heavy atom. The zero-order valence-electron chi connectivity index (χ0n) is 11.6. The summed E-state index contributed by atoms with van der Waals surface area (Å²) >= 11 is 0. The number of rotatable bonds is 6. The summed E-state index contributed by atoms with van der Waals surface area (Å²) in [5.74, 6) is 0. The topological polar surface area (TPSA) is 66.5 Å². The number of hydrogen-bond donors (Lipinski definition) is 1. The number of hydrogen-bond acceptors (Lipinski definition) is 3. The highest BCUT2D eigenvalue weighted by Gasteiger charge is 2.29. The van der Waals surface area contributed by atoms with E-state index >= 15 is 0 Å². The van der Waals surface area contributed by atoms with Gasteiger partial charge in [-0.1, -0.05) is 0 Å². The minimum absolute atomic E-state index is 0.113. The Morgan fingerprint density at radius 2 is 1.53 bits per heavy atom. The lowest BCUT2D eigenvalue weighted by Gasteiger charge is -2.29. The van der Waals surface area contributed by atoms with E-state index in [1.54, 1.807) is 12.1 Å². The second-order valence-electron chi connectivity index (χ2n) is 4.81. The second kappa shape index (κ2) is 6.16. The van der Waals surface area contributed by atoms with Crippen LogP contribution in [0.5, 0.6) is 0 Å². The zero-order chi connectivity index (χ0) is 14.6. The molecule has 5 nitrogen and oxygen atoms in total. The van der Waals surface area contributed by atoms with Crippen molar-refractivity contribution in [1.82, 2.24) is 4.31 Å². The average molecular weight is 284 g/mol. The molecule has 1 aromatic carbocycles. The van der Waals surface area contributed by atoms with Gasteiger partial charge in [-0.15, -0.1) is 0 Å². The second-order valence-corrected chi connectivity index (χ2v) is 6.65. The van der Waals surface area contributed by atoms with Gasteiger partial charge in [0.15, 0.2) is 0 Å². The van der Waals surface area contributed by atoms with Gasteiger partial charge in [0.05, 0.1) is 4.90 Å². The molecule has 19 heavy (non-hydrogen) atoms. The van der Waals surface area contributed by atoms with Crippen molar-refractivity contribution >= 4 is 22.1 Å². The van der Waals surface area contributed by atoms with E-state index in [1.165, 1.54) is 16.4 Å². The first kappa shape index (κ1) is 15.7. The van der Waals surface area contributed by atoms with Crippen LogP contribution in [-0.4, -0.2) is 31.2 Å². The van der Waals surface area contributed by atoms with E-state index in [0.29, 0.717) is 12.1 Å². The zero-order valence-corrected chi connectivity index (χ0v) is 12.4. The molecule has 1 N–H and O–H groups in total. The Morgan fingerprint density at radius 3 is 1.89 bits per heavy atom. The number of nitrogens with one attached hydrogen (secondary N) is 1. The van der Waals surface area contributed by atoms with Crippen molar-refractivity contribution in [1.29, 1.82) is 0 Å². The van der Waals surface area contributed by atoms with Crippen LogP contribution in [0.15, 0.2) is 29.2 Å². The molecular formula is C13H20N2O3S. The van der Waals surface area contributed by atoms with Crippen LogP contribution in [-0.2, 0) is 14.8 Å². The van der Waals surface area contributed by atoms with Gasteiger partial charge >= 0.3 is 0 Å². The number of carbonyl (C=O) groups excluding carboxylic acids is 1. The summed E-state index contributed by atoms with van der Waals surface area (Å²) in [6.45, 7) is 7.39. The normalized spacial score (nSPS) is 12.2. The summed E-state index contributed by atoms with van der Waals surface area (Å²) < 4.78 is 26.5. The molecule has 0 saturated carbocycles. The van der Waals surface area contributed by atoms with Gasteiger partial charge in [-0.05, 0) is 52.0 Å². The Balaban J connectivity index is 3.15. The van der Waals surface area contributed by atoms with Crippen molar-refractivity contribution in [3.63, 3.8) is 0 Å². The van der Waals surface area contributed by atoms with Crippen LogP contribution < -0.4 is 5.32 Å². The van der Waals surface area contributed by atoms with Gasteiger partial charge in [-0.25, -0.2) is 8.42 Å². The number of benzene rings is 1. The number of amides is 1. The molecule has 0 heterocycles. The standard InChI is InChI=1S/C13H20N2O3S/c1-10(2)15(11(3)4)19(17,18)13-7-5-12(6-8-13)14-9-16/h5-11H,1-4H3,(H,14,16). The van der Waals surface area contributed by atoms with E-state index < -0.39 is 10.0 Å². The Labute approximate surface area is 114 Å². The molecule has 1 amide bonds. The highest BCUT2D eigenvalue weighted by molar-refractivity contribution is 7.89. The van der Waals surface area contributed by atoms with E-state index in [1.807, 2.05) is 27.7 Å². The fourth-order valence-corrected chi connectivity index (χ4v) is 3.90. The van der Waals surface area contributed by atoms with Gasteiger partial charge in [0.2, 0.25) is 16.4 Å². The summed E-state index contributed by atoms with van der Waals surface area (Å²) in [4.78, 5) is 10.5. The fraction of sp³-hybridized carbons (Fsp3) is 0.462. The third-order valence-electron chi connectivity index (χ3n) is 2.67. The maximum Gasteiger partial charge on any atom is 0.243 e. The van der Waals surface area contributed by atoms with Gasteiger partial charge in [0.25, 0.3) is 0 Å². The molecule has 106 valence electrons. The van der Waals surface area contributed by atoms with Crippen LogP contribution in [0.1, 0.15) is 27.7 Å². The Hall–Kier alpha value is -1.40. The highest BCUT2D eigenvalue weighted by atomic mass is 32.2. The highest BCUT2D eigenvalue weighted by Crippen LogP contribution is 2.22. The van der Waals surface area contributed by atoms with Crippen LogP contribution in [0, 0.1) is 0 Å². The first-order chi connectivity index (χ1) is 8.80. The fourth-order valence-electron chi connectivity index (χ4n) is 2.06. The van der Waals surface area contributed by atoms with Crippen LogP contribution >= 0.6 is 0 Å². The van der Waals surface area contributed by atoms with Gasteiger partial charge in [0, 0.05) is 17.8 Å². The Bertz CT molecular complexity index is 513. The van der Waals surface area contributed by atoms with E-state index in [4.69, 9.17) is 0 Å². The molecule has 0 atom stereocenters. The van der Waals surface area contributed by atoms with Gasteiger partial charge in [-0.2, -0.15) is 4.31 Å². The maximum absolute atomic E-state index is 12.5. The molecule has 0 radical (unpaired) electrons. The monoisotopic (exact) mass is 284 g/mol. The minimum Gasteiger partial charge on any atom is -0.329 e. The molecular weight excluding hydrogens is 264 g/mol. The van der Waals surface area contributed by atoms with Crippen LogP contribution in [0.2, 0.25) is 0 Å². The first-order valence-electron chi connectivity index (χ1n) is 6.14. The van der Waals surface area contributed by atoms with Crippen LogP contribution in [0.3, 0.4) is 0 Å². The van der Waals surface area contributed by atoms with Crippen molar-refractivity contribution in [2.24, 2.45) is 0 Å². The van der Waals surface area contributed by atoms with Crippen molar-refractivity contribution in [2.45, 2.75) is 44.7 Å². The molecule has 0 unspecified atom stereocenters. The molecule has 1 rings (SSSR count). The van der Waals surface area contributed by atoms with Crippen molar-refractivity contribution < 1.29 is 13.2 Å². The molecule has 0 spiro atoms. The number of nitrogens with zero attached hydrogens (tertiary/aromatic N) is 1. The third-order valence-corrected chi connectivity index (χ3v) is 4.94. The lowest BCUT2D eigenvalue weighted by Crippen LogP contribution is -2.41. The van der Waals surface area contributed by atoms with Gasteiger partial charge < -0.3 is 5.32 Å². The largest absolute Gasteiger partial charge is 0.329 e. The molecule has 0 aliphatic rings. The molecule has 0 bridgehead atoms. The summed E-state index contributed by atoms with van der Waals surface area (Å²) in [5, 5.41) is 2.47. The maximum atomic E-state index is 12.5. The Kier molecular flexibility index (Phi) is 5.08. The summed E-state index contributed by atoms with van der Waals surface area (Å²) in [7, 11) is -3.51. The summed E-state index contributed by atoms with van der Waals surface area (Å²) in [5.41, 5.74) is 0.564. The van der Waals surface area contributed by atoms with Crippen LogP contribution in [0.25, 0.3) is 0 Å². The van der Waals surface area contributed by atoms with E-state index in [2.05, 4.69) is 5.32 Å². The van der Waals surface area contributed by atoms with Gasteiger partial charge in [0.1, 0.15) is 0 Å². The van der Waals surface area contributed by atoms with Gasteiger partial charge in [-0.3, -0.25) is 4.79 Å². The average Bonchev–Trinajstić information content (AvgIpc) is 2.28. The van der Waals surface area contributed by atoms with E-state index in [9.17, 15) is 13.2 Å². The molecule has 0 aliphatic carbocycles. The van der Waals surface area contributed by atoms with Crippen molar-refractivity contribution in [3.05, 3.63) is 24.3 Å². The molecule has 0 saturated heterocycles. The van der Waals surface area contributed by atoms with Crippen molar-refractivity contribution in [2.75, 3.05) is 5.32 Å². The van der Waals surface area contributed by atoms with Crippen LogP contribution in [0.4, 0.5) is 5.69 Å². The number of anilines is 1. The lowest BCUT2D eigenvalue weighted by molar-refractivity contribution is -0.105. The number of carbonyl (C=O) groups is 1. The predicted octanol–water partition coefficient (Wildman–Crippen LogP) is 2.06. The van der Waals surface area contributed by atoms with E-state index in [-0.39, 0.29) is 17.0 Å².